The number of sulfonamides is 1. The van der Waals surface area contributed by atoms with E-state index in [0.717, 1.165) is 5.56 Å². The van der Waals surface area contributed by atoms with Gasteiger partial charge in [-0.15, -0.1) is 0 Å². The summed E-state index contributed by atoms with van der Waals surface area (Å²) in [5.74, 6) is -1.66. The number of aliphatic carboxylic acids is 1. The first-order chi connectivity index (χ1) is 14.2. The monoisotopic (exact) mass is 435 g/mol. The Morgan fingerprint density at radius 3 is 2.20 bits per heavy atom. The van der Waals surface area contributed by atoms with Crippen molar-refractivity contribution in [2.45, 2.75) is 24.3 Å². The van der Waals surface area contributed by atoms with E-state index < -0.39 is 27.9 Å². The standard InChI is InChI=1S/C20H25N3O6S/c1-14-3-5-16(6-4-14)23-30(27,28)17-9-7-15(8-10-17)22-19(24)13-18(20(25)26)21-11-12-29-2/h3-10,18,21,23H,11-13H2,1-2H3,(H,22,24)(H,25,26). The molecule has 0 spiro atoms. The fourth-order valence-corrected chi connectivity index (χ4v) is 3.59. The number of hydrogen-bond acceptors (Lipinski definition) is 6. The summed E-state index contributed by atoms with van der Waals surface area (Å²) in [6.07, 6.45) is -0.284. The number of amides is 1. The van der Waals surface area contributed by atoms with Crippen molar-refractivity contribution >= 4 is 33.3 Å². The number of anilines is 2. The topological polar surface area (TPSA) is 134 Å². The van der Waals surface area contributed by atoms with Crippen LogP contribution in [0.25, 0.3) is 0 Å². The summed E-state index contributed by atoms with van der Waals surface area (Å²) in [4.78, 5) is 23.4. The van der Waals surface area contributed by atoms with Gasteiger partial charge in [-0.05, 0) is 43.3 Å². The number of carbonyl (C=O) groups excluding carboxylic acids is 1. The molecule has 162 valence electrons. The second-order valence-electron chi connectivity index (χ2n) is 6.59. The van der Waals surface area contributed by atoms with Gasteiger partial charge < -0.3 is 20.5 Å². The van der Waals surface area contributed by atoms with Crippen molar-refractivity contribution in [1.29, 1.82) is 0 Å². The molecule has 2 rings (SSSR count). The van der Waals surface area contributed by atoms with Gasteiger partial charge in [0.1, 0.15) is 6.04 Å². The van der Waals surface area contributed by atoms with Gasteiger partial charge >= 0.3 is 5.97 Å². The van der Waals surface area contributed by atoms with Crippen molar-refractivity contribution in [3.8, 4) is 0 Å². The molecule has 30 heavy (non-hydrogen) atoms. The minimum atomic E-state index is -3.78. The van der Waals surface area contributed by atoms with Gasteiger partial charge in [0.05, 0.1) is 17.9 Å². The first-order valence-electron chi connectivity index (χ1n) is 9.16. The Morgan fingerprint density at radius 2 is 1.63 bits per heavy atom. The minimum Gasteiger partial charge on any atom is -0.480 e. The Balaban J connectivity index is 1.98. The highest BCUT2D eigenvalue weighted by atomic mass is 32.2. The molecule has 0 aliphatic carbocycles. The van der Waals surface area contributed by atoms with E-state index in [-0.39, 0.29) is 11.3 Å². The summed E-state index contributed by atoms with van der Waals surface area (Å²) in [6, 6.07) is 11.5. The Bertz CT molecular complexity index is 959. The van der Waals surface area contributed by atoms with E-state index in [1.807, 2.05) is 6.92 Å². The zero-order valence-electron chi connectivity index (χ0n) is 16.7. The molecule has 0 saturated carbocycles. The molecule has 10 heteroatoms. The van der Waals surface area contributed by atoms with Crippen LogP contribution >= 0.6 is 0 Å². The molecule has 1 unspecified atom stereocenters. The van der Waals surface area contributed by atoms with E-state index in [9.17, 15) is 23.1 Å². The highest BCUT2D eigenvalue weighted by molar-refractivity contribution is 7.92. The van der Waals surface area contributed by atoms with Crippen LogP contribution in [0.5, 0.6) is 0 Å². The fourth-order valence-electron chi connectivity index (χ4n) is 2.53. The Hall–Kier alpha value is -2.95. The molecule has 9 nitrogen and oxygen atoms in total. The summed E-state index contributed by atoms with van der Waals surface area (Å²) in [6.45, 7) is 2.51. The van der Waals surface area contributed by atoms with Crippen LogP contribution in [-0.4, -0.2) is 51.7 Å². The molecule has 0 aliphatic heterocycles. The normalized spacial score (nSPS) is 12.2. The van der Waals surface area contributed by atoms with Gasteiger partial charge in [0.2, 0.25) is 5.91 Å². The van der Waals surface area contributed by atoms with Crippen LogP contribution in [0, 0.1) is 6.92 Å². The smallest absolute Gasteiger partial charge is 0.321 e. The number of carbonyl (C=O) groups is 2. The zero-order chi connectivity index (χ0) is 22.1. The molecular formula is C20H25N3O6S. The molecule has 0 radical (unpaired) electrons. The molecule has 1 amide bonds. The number of nitrogens with one attached hydrogen (secondary N) is 3. The second kappa shape index (κ2) is 10.7. The van der Waals surface area contributed by atoms with Crippen molar-refractivity contribution in [3.63, 3.8) is 0 Å². The van der Waals surface area contributed by atoms with Crippen LogP contribution < -0.4 is 15.4 Å². The summed E-state index contributed by atoms with van der Waals surface area (Å²) in [5.41, 5.74) is 1.81. The Labute approximate surface area is 175 Å². The highest BCUT2D eigenvalue weighted by Crippen LogP contribution is 2.19. The maximum Gasteiger partial charge on any atom is 0.321 e. The Kier molecular flexibility index (Phi) is 8.34. The molecule has 4 N–H and O–H groups in total. The van der Waals surface area contributed by atoms with Crippen LogP contribution in [0.4, 0.5) is 11.4 Å². The van der Waals surface area contributed by atoms with Crippen LogP contribution in [-0.2, 0) is 24.3 Å². The predicted molar refractivity (Wildman–Crippen MR) is 113 cm³/mol. The average Bonchev–Trinajstić information content (AvgIpc) is 2.69. The molecule has 1 atom stereocenters. The maximum atomic E-state index is 12.5. The van der Waals surface area contributed by atoms with E-state index in [2.05, 4.69) is 15.4 Å². The lowest BCUT2D eigenvalue weighted by Gasteiger charge is -2.14. The minimum absolute atomic E-state index is 0.0331. The third-order valence-electron chi connectivity index (χ3n) is 4.14. The zero-order valence-corrected chi connectivity index (χ0v) is 17.5. The molecule has 0 bridgehead atoms. The van der Waals surface area contributed by atoms with Gasteiger partial charge in [0, 0.05) is 25.0 Å². The van der Waals surface area contributed by atoms with Crippen molar-refractivity contribution in [1.82, 2.24) is 5.32 Å². The molecule has 2 aromatic carbocycles. The van der Waals surface area contributed by atoms with Gasteiger partial charge in [-0.3, -0.25) is 14.3 Å². The van der Waals surface area contributed by atoms with E-state index in [0.29, 0.717) is 24.5 Å². The Morgan fingerprint density at radius 1 is 1.03 bits per heavy atom. The lowest BCUT2D eigenvalue weighted by molar-refractivity contribution is -0.141. The van der Waals surface area contributed by atoms with E-state index in [1.165, 1.54) is 31.4 Å². The third kappa shape index (κ3) is 7.14. The lowest BCUT2D eigenvalue weighted by atomic mass is 10.2. The largest absolute Gasteiger partial charge is 0.480 e. The van der Waals surface area contributed by atoms with Crippen molar-refractivity contribution in [2.75, 3.05) is 30.3 Å². The van der Waals surface area contributed by atoms with Gasteiger partial charge in [0.25, 0.3) is 10.0 Å². The van der Waals surface area contributed by atoms with Crippen LogP contribution in [0.3, 0.4) is 0 Å². The van der Waals surface area contributed by atoms with Gasteiger partial charge in [-0.2, -0.15) is 0 Å². The number of benzene rings is 2. The summed E-state index contributed by atoms with van der Waals surface area (Å²) in [5, 5.41) is 14.5. The third-order valence-corrected chi connectivity index (χ3v) is 5.53. The first-order valence-corrected chi connectivity index (χ1v) is 10.6. The molecule has 0 aliphatic rings. The van der Waals surface area contributed by atoms with Gasteiger partial charge in [-0.1, -0.05) is 17.7 Å². The number of hydrogen-bond donors (Lipinski definition) is 4. The van der Waals surface area contributed by atoms with Gasteiger partial charge in [-0.25, -0.2) is 8.42 Å². The molecule has 0 saturated heterocycles. The van der Waals surface area contributed by atoms with Crippen molar-refractivity contribution in [3.05, 3.63) is 54.1 Å². The first kappa shape index (κ1) is 23.3. The molecule has 2 aromatic rings. The molecular weight excluding hydrogens is 410 g/mol. The number of ether oxygens (including phenoxy) is 1. The number of aryl methyl sites for hydroxylation is 1. The molecule has 0 aromatic heterocycles. The number of methoxy groups -OCH3 is 1. The molecule has 0 heterocycles. The average molecular weight is 436 g/mol. The van der Waals surface area contributed by atoms with Crippen LogP contribution in [0.15, 0.2) is 53.4 Å². The lowest BCUT2D eigenvalue weighted by Crippen LogP contribution is -2.41. The summed E-state index contributed by atoms with van der Waals surface area (Å²) < 4.78 is 32.3. The van der Waals surface area contributed by atoms with Crippen LogP contribution in [0.2, 0.25) is 0 Å². The number of rotatable bonds is 11. The molecule has 0 fully saturated rings. The van der Waals surface area contributed by atoms with E-state index in [1.54, 1.807) is 24.3 Å². The number of carboxylic acid groups (broad SMARTS) is 1. The van der Waals surface area contributed by atoms with E-state index >= 15 is 0 Å². The highest BCUT2D eigenvalue weighted by Gasteiger charge is 2.21. The number of carboxylic acids is 1. The van der Waals surface area contributed by atoms with Crippen LogP contribution in [0.1, 0.15) is 12.0 Å². The van der Waals surface area contributed by atoms with Gasteiger partial charge in [0.15, 0.2) is 0 Å². The van der Waals surface area contributed by atoms with E-state index in [4.69, 9.17) is 4.74 Å². The second-order valence-corrected chi connectivity index (χ2v) is 8.27. The van der Waals surface area contributed by atoms with Crippen molar-refractivity contribution < 1.29 is 27.9 Å². The summed E-state index contributed by atoms with van der Waals surface area (Å²) >= 11 is 0. The quantitative estimate of drug-likeness (QED) is 0.396. The predicted octanol–water partition coefficient (Wildman–Crippen LogP) is 1.81. The van der Waals surface area contributed by atoms with Crippen molar-refractivity contribution in [2.24, 2.45) is 0 Å². The summed E-state index contributed by atoms with van der Waals surface area (Å²) in [7, 11) is -2.29. The fraction of sp³-hybridized carbons (Fsp3) is 0.300. The SMILES string of the molecule is COCCNC(CC(=O)Nc1ccc(S(=O)(=O)Nc2ccc(C)cc2)cc1)C(=O)O. The maximum absolute atomic E-state index is 12.5.